The van der Waals surface area contributed by atoms with Gasteiger partial charge in [-0.1, -0.05) is 14.6 Å². The third-order valence-corrected chi connectivity index (χ3v) is 4.43. The van der Waals surface area contributed by atoms with E-state index in [1.165, 1.54) is 19.2 Å². The fraction of sp³-hybridized carbons (Fsp3) is 0.188. The Labute approximate surface area is 130 Å². The van der Waals surface area contributed by atoms with Crippen LogP contribution in [0, 0.1) is 5.82 Å². The number of aliphatic imine (C=N–C) groups is 1. The van der Waals surface area contributed by atoms with Crippen LogP contribution in [-0.4, -0.2) is 32.6 Å². The number of benzene rings is 2. The van der Waals surface area contributed by atoms with Gasteiger partial charge in [0.2, 0.25) is 0 Å². The summed E-state index contributed by atoms with van der Waals surface area (Å²) in [6.07, 6.45) is 1.60. The Morgan fingerprint density at radius 3 is 2.55 bits per heavy atom. The first kappa shape index (κ1) is 16.2. The highest BCUT2D eigenvalue weighted by Crippen LogP contribution is 2.33. The minimum absolute atomic E-state index is 0.0605. The first-order chi connectivity index (χ1) is 10.6. The Hall–Kier alpha value is -2.13. The summed E-state index contributed by atoms with van der Waals surface area (Å²) in [6, 6.07) is 7.86. The normalized spacial score (nSPS) is 11.5. The van der Waals surface area contributed by atoms with Crippen molar-refractivity contribution in [1.82, 2.24) is 0 Å². The summed E-state index contributed by atoms with van der Waals surface area (Å²) in [7, 11) is 4.77. The van der Waals surface area contributed by atoms with Gasteiger partial charge in [0.25, 0.3) is 0 Å². The molecule has 0 saturated heterocycles. The van der Waals surface area contributed by atoms with Gasteiger partial charge < -0.3 is 14.6 Å². The van der Waals surface area contributed by atoms with E-state index in [0.717, 1.165) is 5.30 Å². The van der Waals surface area contributed by atoms with Crippen LogP contribution >= 0.6 is 8.58 Å². The summed E-state index contributed by atoms with van der Waals surface area (Å²) in [4.78, 5) is 3.94. The number of phenolic OH excluding ortho intramolecular Hbond substituents is 1. The maximum Gasteiger partial charge on any atom is 0.165 e. The van der Waals surface area contributed by atoms with Gasteiger partial charge in [-0.25, -0.2) is 4.39 Å². The highest BCUT2D eigenvalue weighted by Gasteiger charge is 2.13. The lowest BCUT2D eigenvalue weighted by molar-refractivity contribution is 0.366. The molecule has 0 saturated carbocycles. The van der Waals surface area contributed by atoms with E-state index in [-0.39, 0.29) is 20.1 Å². The molecule has 0 aliphatic carbocycles. The summed E-state index contributed by atoms with van der Waals surface area (Å²) in [6.45, 7) is 0. The molecule has 0 spiro atoms. The molecule has 1 atom stereocenters. The van der Waals surface area contributed by atoms with Gasteiger partial charge in [0.15, 0.2) is 11.5 Å². The quantitative estimate of drug-likeness (QED) is 0.679. The van der Waals surface area contributed by atoms with Crippen molar-refractivity contribution in [1.29, 1.82) is 0 Å². The molecule has 6 heteroatoms. The molecule has 0 aliphatic heterocycles. The highest BCUT2D eigenvalue weighted by molar-refractivity contribution is 7.56. The van der Waals surface area contributed by atoms with Crippen LogP contribution in [0.2, 0.25) is 0 Å². The Morgan fingerprint density at radius 1 is 1.14 bits per heavy atom. The van der Waals surface area contributed by atoms with Crippen molar-refractivity contribution in [2.75, 3.05) is 21.3 Å². The van der Waals surface area contributed by atoms with Crippen molar-refractivity contribution < 1.29 is 19.0 Å². The molecule has 0 heterocycles. The Kier molecular flexibility index (Phi) is 5.34. The number of hydrogen-bond acceptors (Lipinski definition) is 4. The SMILES string of the molecule is C/N=C/c1cc(F)ccc1Pc1cc(OC)cc(OC)c1O. The summed E-state index contributed by atoms with van der Waals surface area (Å²) in [5.41, 5.74) is 0.682. The molecule has 2 aromatic rings. The van der Waals surface area contributed by atoms with Crippen LogP contribution in [0.4, 0.5) is 4.39 Å². The molecule has 1 N–H and O–H groups in total. The molecular formula is C16H17FNO3P. The van der Waals surface area contributed by atoms with Crippen LogP contribution < -0.4 is 20.1 Å². The van der Waals surface area contributed by atoms with Crippen LogP contribution in [0.15, 0.2) is 35.3 Å². The number of ether oxygens (including phenoxy) is 2. The Bertz CT molecular complexity index is 704. The van der Waals surface area contributed by atoms with Crippen molar-refractivity contribution >= 4 is 25.4 Å². The number of rotatable bonds is 5. The molecule has 0 bridgehead atoms. The fourth-order valence-electron chi connectivity index (χ4n) is 1.99. The van der Waals surface area contributed by atoms with Crippen molar-refractivity contribution in [2.45, 2.75) is 0 Å². The van der Waals surface area contributed by atoms with Gasteiger partial charge in [-0.15, -0.1) is 0 Å². The van der Waals surface area contributed by atoms with Gasteiger partial charge in [-0.3, -0.25) is 4.99 Å². The van der Waals surface area contributed by atoms with E-state index in [4.69, 9.17) is 9.47 Å². The number of aromatic hydroxyl groups is 1. The van der Waals surface area contributed by atoms with Crippen molar-refractivity contribution in [3.05, 3.63) is 41.7 Å². The lowest BCUT2D eigenvalue weighted by Gasteiger charge is -2.13. The third-order valence-electron chi connectivity index (χ3n) is 3.06. The van der Waals surface area contributed by atoms with E-state index in [9.17, 15) is 9.50 Å². The van der Waals surface area contributed by atoms with Crippen LogP contribution in [0.5, 0.6) is 17.2 Å². The van der Waals surface area contributed by atoms with E-state index in [0.29, 0.717) is 22.4 Å². The maximum atomic E-state index is 13.4. The van der Waals surface area contributed by atoms with Crippen molar-refractivity contribution in [3.63, 3.8) is 0 Å². The first-order valence-corrected chi connectivity index (χ1v) is 7.52. The molecule has 4 nitrogen and oxygen atoms in total. The van der Waals surface area contributed by atoms with E-state index in [1.807, 2.05) is 0 Å². The number of methoxy groups -OCH3 is 2. The van der Waals surface area contributed by atoms with E-state index in [2.05, 4.69) is 4.99 Å². The van der Waals surface area contributed by atoms with Gasteiger partial charge >= 0.3 is 0 Å². The van der Waals surface area contributed by atoms with Crippen LogP contribution in [0.3, 0.4) is 0 Å². The second-order valence-corrected chi connectivity index (χ2v) is 5.80. The molecule has 0 aromatic heterocycles. The largest absolute Gasteiger partial charge is 0.504 e. The zero-order chi connectivity index (χ0) is 16.1. The molecule has 0 amide bonds. The smallest absolute Gasteiger partial charge is 0.165 e. The summed E-state index contributed by atoms with van der Waals surface area (Å²) in [5, 5.41) is 11.8. The predicted molar refractivity (Wildman–Crippen MR) is 88.7 cm³/mol. The van der Waals surface area contributed by atoms with Crippen molar-refractivity contribution in [2.24, 2.45) is 4.99 Å². The van der Waals surface area contributed by atoms with Gasteiger partial charge in [-0.2, -0.15) is 0 Å². The molecule has 0 aliphatic rings. The van der Waals surface area contributed by atoms with Gasteiger partial charge in [0.1, 0.15) is 11.6 Å². The van der Waals surface area contributed by atoms with Crippen LogP contribution in [0.1, 0.15) is 5.56 Å². The lowest BCUT2D eigenvalue weighted by atomic mass is 10.2. The second-order valence-electron chi connectivity index (χ2n) is 4.47. The molecule has 2 rings (SSSR count). The molecule has 116 valence electrons. The molecule has 1 unspecified atom stereocenters. The number of hydrogen-bond donors (Lipinski definition) is 1. The monoisotopic (exact) mass is 321 g/mol. The van der Waals surface area contributed by atoms with E-state index >= 15 is 0 Å². The van der Waals surface area contributed by atoms with Gasteiger partial charge in [0, 0.05) is 30.2 Å². The highest BCUT2D eigenvalue weighted by atomic mass is 31.1. The number of nitrogens with zero attached hydrogens (tertiary/aromatic N) is 1. The third kappa shape index (κ3) is 3.55. The summed E-state index contributed by atoms with van der Waals surface area (Å²) < 4.78 is 23.7. The predicted octanol–water partition coefficient (Wildman–Crippen LogP) is 2.23. The zero-order valence-electron chi connectivity index (χ0n) is 12.6. The number of phenols is 1. The molecule has 2 aromatic carbocycles. The van der Waals surface area contributed by atoms with E-state index in [1.54, 1.807) is 38.6 Å². The average Bonchev–Trinajstić information content (AvgIpc) is 2.52. The topological polar surface area (TPSA) is 51.0 Å². The van der Waals surface area contributed by atoms with E-state index < -0.39 is 0 Å². The molecule has 0 radical (unpaired) electrons. The maximum absolute atomic E-state index is 13.4. The first-order valence-electron chi connectivity index (χ1n) is 6.52. The van der Waals surface area contributed by atoms with Crippen LogP contribution in [-0.2, 0) is 0 Å². The molecule has 22 heavy (non-hydrogen) atoms. The minimum Gasteiger partial charge on any atom is -0.504 e. The average molecular weight is 321 g/mol. The minimum atomic E-state index is -0.323. The van der Waals surface area contributed by atoms with Gasteiger partial charge in [0.05, 0.1) is 14.2 Å². The van der Waals surface area contributed by atoms with Crippen molar-refractivity contribution in [3.8, 4) is 17.2 Å². The van der Waals surface area contributed by atoms with Gasteiger partial charge in [-0.05, 0) is 23.5 Å². The molecular weight excluding hydrogens is 304 g/mol. The fourth-order valence-corrected chi connectivity index (χ4v) is 3.18. The zero-order valence-corrected chi connectivity index (χ0v) is 13.6. The Balaban J connectivity index is 2.47. The summed E-state index contributed by atoms with van der Waals surface area (Å²) >= 11 is 0. The number of halogens is 1. The lowest BCUT2D eigenvalue weighted by Crippen LogP contribution is -2.11. The van der Waals surface area contributed by atoms with Crippen LogP contribution in [0.25, 0.3) is 0 Å². The Morgan fingerprint density at radius 2 is 1.91 bits per heavy atom. The molecule has 0 fully saturated rings. The summed E-state index contributed by atoms with van der Waals surface area (Å²) in [5.74, 6) is 0.667. The standard InChI is InChI=1S/C16H17FNO3P/c1-18-9-10-6-11(17)4-5-14(10)22-15-8-12(20-2)7-13(21-3)16(15)19/h4-9,19,22H,1-3H3/b18-9+. The second kappa shape index (κ2) is 7.23.